The fourth-order valence-electron chi connectivity index (χ4n) is 4.27. The summed E-state index contributed by atoms with van der Waals surface area (Å²) in [6.45, 7) is 3.31. The Morgan fingerprint density at radius 2 is 1.79 bits per heavy atom. The number of halogens is 6. The topological polar surface area (TPSA) is 94.6 Å². The van der Waals surface area contributed by atoms with Crippen molar-refractivity contribution in [1.82, 2.24) is 15.3 Å². The van der Waals surface area contributed by atoms with Crippen LogP contribution in [-0.2, 0) is 19.0 Å². The highest BCUT2D eigenvalue weighted by Crippen LogP contribution is 2.49. The largest absolute Gasteiger partial charge is 0.411 e. The molecule has 14 heteroatoms. The first-order valence-corrected chi connectivity index (χ1v) is 11.7. The van der Waals surface area contributed by atoms with Crippen LogP contribution in [0.15, 0.2) is 18.2 Å². The molecule has 8 nitrogen and oxygen atoms in total. The van der Waals surface area contributed by atoms with Gasteiger partial charge in [-0.2, -0.15) is 13.2 Å². The molecule has 2 fully saturated rings. The Bertz CT molecular complexity index is 1190. The molecular formula is C24H26F6N4O4. The molecule has 208 valence electrons. The lowest BCUT2D eigenvalue weighted by Gasteiger charge is -2.27. The number of hydrogen-bond donors (Lipinski definition) is 2. The number of ether oxygens (including phenoxy) is 3. The number of nitrogens with one attached hydrogen (secondary N) is 2. The summed E-state index contributed by atoms with van der Waals surface area (Å²) in [5.74, 6) is -2.06. The minimum absolute atomic E-state index is 0.0144. The van der Waals surface area contributed by atoms with Crippen molar-refractivity contribution in [2.45, 2.75) is 63.3 Å². The number of aromatic nitrogens is 2. The number of nitrogens with zero attached hydrogens (tertiary/aromatic N) is 2. The Morgan fingerprint density at radius 3 is 2.34 bits per heavy atom. The quantitative estimate of drug-likeness (QED) is 0.427. The van der Waals surface area contributed by atoms with E-state index in [0.29, 0.717) is 0 Å². The molecule has 2 atom stereocenters. The Morgan fingerprint density at radius 1 is 1.16 bits per heavy atom. The first-order valence-electron chi connectivity index (χ1n) is 11.7. The zero-order chi connectivity index (χ0) is 27.8. The van der Waals surface area contributed by atoms with Crippen molar-refractivity contribution in [1.29, 1.82) is 0 Å². The van der Waals surface area contributed by atoms with Gasteiger partial charge in [0.15, 0.2) is 12.4 Å². The normalized spacial score (nSPS) is 18.9. The number of rotatable bonds is 9. The number of anilines is 1. The van der Waals surface area contributed by atoms with Gasteiger partial charge in [0.25, 0.3) is 12.3 Å². The maximum Gasteiger partial charge on any atom is 0.411 e. The van der Waals surface area contributed by atoms with Crippen LogP contribution in [0.4, 0.5) is 32.2 Å². The predicted octanol–water partition coefficient (Wildman–Crippen LogP) is 4.98. The number of carbonyl (C=O) groups is 1. The molecule has 0 radical (unpaired) electrons. The Balaban J connectivity index is 1.73. The number of benzene rings is 1. The molecule has 4 rings (SSSR count). The highest BCUT2D eigenvalue weighted by atomic mass is 19.4. The first-order chi connectivity index (χ1) is 17.9. The van der Waals surface area contributed by atoms with Crippen molar-refractivity contribution >= 4 is 11.7 Å². The van der Waals surface area contributed by atoms with Gasteiger partial charge in [0.05, 0.1) is 36.1 Å². The van der Waals surface area contributed by atoms with E-state index in [2.05, 4.69) is 15.3 Å². The summed E-state index contributed by atoms with van der Waals surface area (Å²) in [5.41, 5.74) is -3.25. The zero-order valence-corrected chi connectivity index (χ0v) is 20.7. The van der Waals surface area contributed by atoms with Gasteiger partial charge in [-0.3, -0.25) is 4.79 Å². The molecule has 2 aliphatic rings. The van der Waals surface area contributed by atoms with Gasteiger partial charge in [0, 0.05) is 12.7 Å². The van der Waals surface area contributed by atoms with E-state index >= 15 is 0 Å². The smallest absolute Gasteiger partial charge is 0.365 e. The molecule has 1 aromatic carbocycles. The lowest BCUT2D eigenvalue weighted by atomic mass is 10.0. The number of methoxy groups -OCH3 is 1. The molecule has 1 amide bonds. The van der Waals surface area contributed by atoms with Crippen molar-refractivity contribution in [3.63, 3.8) is 0 Å². The van der Waals surface area contributed by atoms with E-state index in [9.17, 15) is 31.1 Å². The van der Waals surface area contributed by atoms with E-state index in [1.807, 2.05) is 5.32 Å². The van der Waals surface area contributed by atoms with E-state index < -0.39 is 53.9 Å². The number of alkyl halides is 5. The SMILES string of the molecule is COC(C(=O)NC1(C(F)(F)F)CC1)c1nc(C)nc(N[C@H](C)c2cccc(C(F)F)c2F)c1C1OCCO1. The monoisotopic (exact) mass is 548 g/mol. The van der Waals surface area contributed by atoms with Gasteiger partial charge in [0.1, 0.15) is 23.0 Å². The molecule has 0 spiro atoms. The van der Waals surface area contributed by atoms with Gasteiger partial charge in [-0.1, -0.05) is 18.2 Å². The van der Waals surface area contributed by atoms with Crippen LogP contribution in [0, 0.1) is 12.7 Å². The highest BCUT2D eigenvalue weighted by molar-refractivity contribution is 5.84. The van der Waals surface area contributed by atoms with Gasteiger partial charge in [-0.25, -0.2) is 23.1 Å². The average molecular weight is 548 g/mol. The second-order valence-corrected chi connectivity index (χ2v) is 9.09. The lowest BCUT2D eigenvalue weighted by molar-refractivity contribution is -0.173. The molecule has 1 saturated carbocycles. The lowest BCUT2D eigenvalue weighted by Crippen LogP contribution is -2.49. The number of hydrogen-bond acceptors (Lipinski definition) is 7. The maximum atomic E-state index is 14.8. The van der Waals surface area contributed by atoms with E-state index in [0.717, 1.165) is 13.2 Å². The Hall–Kier alpha value is -2.97. The second-order valence-electron chi connectivity index (χ2n) is 9.09. The Kier molecular flexibility index (Phi) is 7.86. The number of carbonyl (C=O) groups excluding carboxylic acids is 1. The van der Waals surface area contributed by atoms with E-state index in [1.165, 1.54) is 26.0 Å². The van der Waals surface area contributed by atoms with Gasteiger partial charge >= 0.3 is 6.18 Å². The molecule has 2 aromatic rings. The second kappa shape index (κ2) is 10.7. The third-order valence-electron chi connectivity index (χ3n) is 6.43. The van der Waals surface area contributed by atoms with Gasteiger partial charge in [-0.15, -0.1) is 0 Å². The average Bonchev–Trinajstić information content (AvgIpc) is 3.43. The van der Waals surface area contributed by atoms with Crippen LogP contribution < -0.4 is 10.6 Å². The molecule has 1 aromatic heterocycles. The fraction of sp³-hybridized carbons (Fsp3) is 0.542. The minimum atomic E-state index is -4.65. The molecular weight excluding hydrogens is 522 g/mol. The van der Waals surface area contributed by atoms with Crippen LogP contribution >= 0.6 is 0 Å². The van der Waals surface area contributed by atoms with Gasteiger partial charge < -0.3 is 24.8 Å². The first kappa shape index (κ1) is 28.0. The zero-order valence-electron chi connectivity index (χ0n) is 20.7. The summed E-state index contributed by atoms with van der Waals surface area (Å²) in [5, 5.41) is 4.96. The van der Waals surface area contributed by atoms with Crippen LogP contribution in [0.2, 0.25) is 0 Å². The summed E-state index contributed by atoms with van der Waals surface area (Å²) in [6.07, 6.45) is -10.9. The van der Waals surface area contributed by atoms with E-state index in [1.54, 1.807) is 0 Å². The van der Waals surface area contributed by atoms with E-state index in [4.69, 9.17) is 14.2 Å². The fourth-order valence-corrected chi connectivity index (χ4v) is 4.27. The number of amides is 1. The molecule has 1 saturated heterocycles. The van der Waals surface area contributed by atoms with Crippen molar-refractivity contribution in [3.05, 3.63) is 52.2 Å². The molecule has 1 unspecified atom stereocenters. The Labute approximate surface area is 214 Å². The molecule has 0 bridgehead atoms. The van der Waals surface area contributed by atoms with Crippen molar-refractivity contribution in [2.75, 3.05) is 25.6 Å². The molecule has 2 heterocycles. The molecule has 38 heavy (non-hydrogen) atoms. The standard InChI is InChI=1S/C24H26F6N4O4/c1-11(13-5-4-6-14(16(13)25)19(26)27)31-20-15(22-37-9-10-38-22)17(32-12(2)33-20)18(36-3)21(35)34-23(7-8-23)24(28,29)30/h4-6,11,18-19,22H,7-10H2,1-3H3,(H,34,35)(H,31,32,33)/t11-,18?/m1/s1. The van der Waals surface area contributed by atoms with Crippen LogP contribution in [-0.4, -0.2) is 47.9 Å². The predicted molar refractivity (Wildman–Crippen MR) is 121 cm³/mol. The van der Waals surface area contributed by atoms with Crippen molar-refractivity contribution in [2.24, 2.45) is 0 Å². The van der Waals surface area contributed by atoms with Gasteiger partial charge in [-0.05, 0) is 26.7 Å². The van der Waals surface area contributed by atoms with Crippen LogP contribution in [0.3, 0.4) is 0 Å². The van der Waals surface area contributed by atoms with Gasteiger partial charge in [0.2, 0.25) is 0 Å². The van der Waals surface area contributed by atoms with Crippen LogP contribution in [0.1, 0.15) is 72.8 Å². The molecule has 1 aliphatic heterocycles. The highest BCUT2D eigenvalue weighted by Gasteiger charge is 2.64. The third-order valence-corrected chi connectivity index (χ3v) is 6.43. The third kappa shape index (κ3) is 5.43. The van der Waals surface area contributed by atoms with Crippen molar-refractivity contribution < 1.29 is 45.3 Å². The maximum absolute atomic E-state index is 14.8. The minimum Gasteiger partial charge on any atom is -0.365 e. The van der Waals surface area contributed by atoms with E-state index in [-0.39, 0.29) is 54.5 Å². The number of aryl methyl sites for hydroxylation is 1. The molecule has 2 N–H and O–H groups in total. The summed E-state index contributed by atoms with van der Waals surface area (Å²) in [4.78, 5) is 21.6. The summed E-state index contributed by atoms with van der Waals surface area (Å²) in [6, 6.07) is 2.68. The van der Waals surface area contributed by atoms with Crippen LogP contribution in [0.5, 0.6) is 0 Å². The summed E-state index contributed by atoms with van der Waals surface area (Å²) < 4.78 is 98.2. The summed E-state index contributed by atoms with van der Waals surface area (Å²) >= 11 is 0. The van der Waals surface area contributed by atoms with Crippen molar-refractivity contribution in [3.8, 4) is 0 Å². The summed E-state index contributed by atoms with van der Waals surface area (Å²) in [7, 11) is 1.13. The van der Waals surface area contributed by atoms with Crippen LogP contribution in [0.25, 0.3) is 0 Å². The molecule has 1 aliphatic carbocycles.